The van der Waals surface area contributed by atoms with Crippen molar-refractivity contribution in [3.8, 4) is 5.75 Å². The average Bonchev–Trinajstić information content (AvgIpc) is 2.35. The van der Waals surface area contributed by atoms with Crippen LogP contribution in [0.15, 0.2) is 42.5 Å². The number of anilines is 2. The second kappa shape index (κ2) is 6.25. The largest absolute Gasteiger partial charge is 0.484 e. The molecule has 2 aromatic rings. The predicted molar refractivity (Wildman–Crippen MR) is 76.4 cm³/mol. The van der Waals surface area contributed by atoms with Crippen LogP contribution < -0.4 is 15.8 Å². The van der Waals surface area contributed by atoms with Gasteiger partial charge in [0.05, 0.1) is 0 Å². The lowest BCUT2D eigenvalue weighted by atomic mass is 10.2. The zero-order valence-electron chi connectivity index (χ0n) is 10.4. The van der Waals surface area contributed by atoms with Gasteiger partial charge in [0.15, 0.2) is 6.61 Å². The average molecular weight is 295 g/mol. The van der Waals surface area contributed by atoms with Crippen LogP contribution >= 0.6 is 11.6 Å². The number of nitrogens with one attached hydrogen (secondary N) is 1. The second-order valence-corrected chi connectivity index (χ2v) is 4.50. The van der Waals surface area contributed by atoms with E-state index in [0.717, 1.165) is 6.07 Å². The summed E-state index contributed by atoms with van der Waals surface area (Å²) in [5.74, 6) is -0.461. The lowest BCUT2D eigenvalue weighted by molar-refractivity contribution is -0.118. The van der Waals surface area contributed by atoms with Crippen molar-refractivity contribution in [2.45, 2.75) is 0 Å². The maximum absolute atomic E-state index is 13.1. The molecule has 3 N–H and O–H groups in total. The Kier molecular flexibility index (Phi) is 4.42. The molecule has 0 aliphatic heterocycles. The van der Waals surface area contributed by atoms with Gasteiger partial charge in [-0.3, -0.25) is 4.79 Å². The number of hydrogen-bond acceptors (Lipinski definition) is 3. The number of ether oxygens (including phenoxy) is 1. The molecule has 2 aromatic carbocycles. The summed E-state index contributed by atoms with van der Waals surface area (Å²) in [5, 5.41) is 3.01. The molecule has 20 heavy (non-hydrogen) atoms. The molecule has 0 fully saturated rings. The van der Waals surface area contributed by atoms with Crippen molar-refractivity contribution in [2.24, 2.45) is 0 Å². The molecular weight excluding hydrogens is 283 g/mol. The quantitative estimate of drug-likeness (QED) is 0.852. The Balaban J connectivity index is 1.92. The van der Waals surface area contributed by atoms with Crippen molar-refractivity contribution in [3.63, 3.8) is 0 Å². The molecule has 0 spiro atoms. The van der Waals surface area contributed by atoms with Gasteiger partial charge in [0.25, 0.3) is 5.91 Å². The Hall–Kier alpha value is -2.27. The van der Waals surface area contributed by atoms with Gasteiger partial charge in [0.2, 0.25) is 0 Å². The molecular formula is C14H12ClFN2O2. The summed E-state index contributed by atoms with van der Waals surface area (Å²) in [4.78, 5) is 11.7. The molecule has 0 saturated carbocycles. The summed E-state index contributed by atoms with van der Waals surface area (Å²) in [6.07, 6.45) is 0. The molecule has 0 aromatic heterocycles. The SMILES string of the molecule is Nc1cc(F)cc(NC(=O)COc2cccc(Cl)c2)c1. The first-order valence-electron chi connectivity index (χ1n) is 5.77. The molecule has 6 heteroatoms. The predicted octanol–water partition coefficient (Wildman–Crippen LogP) is 3.08. The minimum Gasteiger partial charge on any atom is -0.484 e. The van der Waals surface area contributed by atoms with E-state index in [0.29, 0.717) is 10.8 Å². The van der Waals surface area contributed by atoms with E-state index < -0.39 is 11.7 Å². The van der Waals surface area contributed by atoms with E-state index in [1.165, 1.54) is 12.1 Å². The van der Waals surface area contributed by atoms with Crippen LogP contribution in [0.4, 0.5) is 15.8 Å². The van der Waals surface area contributed by atoms with E-state index in [-0.39, 0.29) is 18.0 Å². The number of halogens is 2. The molecule has 0 unspecified atom stereocenters. The molecule has 0 aliphatic carbocycles. The van der Waals surface area contributed by atoms with Gasteiger partial charge in [-0.2, -0.15) is 0 Å². The van der Waals surface area contributed by atoms with E-state index in [9.17, 15) is 9.18 Å². The number of rotatable bonds is 4. The fourth-order valence-electron chi connectivity index (χ4n) is 1.59. The van der Waals surface area contributed by atoms with E-state index >= 15 is 0 Å². The summed E-state index contributed by atoms with van der Waals surface area (Å²) in [6, 6.07) is 10.5. The Morgan fingerprint density at radius 1 is 1.30 bits per heavy atom. The molecule has 0 radical (unpaired) electrons. The highest BCUT2D eigenvalue weighted by molar-refractivity contribution is 6.30. The first-order chi connectivity index (χ1) is 9.52. The number of amides is 1. The van der Waals surface area contributed by atoms with Crippen LogP contribution in [-0.2, 0) is 4.79 Å². The van der Waals surface area contributed by atoms with Crippen LogP contribution in [0.1, 0.15) is 0 Å². The van der Waals surface area contributed by atoms with Crippen molar-refractivity contribution >= 4 is 28.9 Å². The maximum atomic E-state index is 13.1. The Labute approximate surface area is 120 Å². The van der Waals surface area contributed by atoms with Crippen LogP contribution in [0.2, 0.25) is 5.02 Å². The fourth-order valence-corrected chi connectivity index (χ4v) is 1.77. The van der Waals surface area contributed by atoms with Gasteiger partial charge in [-0.25, -0.2) is 4.39 Å². The number of nitrogen functional groups attached to an aromatic ring is 1. The molecule has 2 rings (SSSR count). The van der Waals surface area contributed by atoms with Gasteiger partial charge in [0.1, 0.15) is 11.6 Å². The molecule has 0 heterocycles. The molecule has 0 saturated heterocycles. The molecule has 0 bridgehead atoms. The zero-order valence-corrected chi connectivity index (χ0v) is 11.2. The molecule has 1 amide bonds. The van der Waals surface area contributed by atoms with Gasteiger partial charge in [-0.15, -0.1) is 0 Å². The third kappa shape index (κ3) is 4.13. The van der Waals surface area contributed by atoms with Crippen molar-refractivity contribution in [1.82, 2.24) is 0 Å². The Bertz CT molecular complexity index is 614. The Morgan fingerprint density at radius 2 is 2.10 bits per heavy atom. The standard InChI is InChI=1S/C14H12ClFN2O2/c15-9-2-1-3-13(4-9)20-8-14(19)18-12-6-10(16)5-11(17)7-12/h1-7H,8,17H2,(H,18,19). The van der Waals surface area contributed by atoms with Crippen molar-refractivity contribution < 1.29 is 13.9 Å². The van der Waals surface area contributed by atoms with Crippen LogP contribution in [-0.4, -0.2) is 12.5 Å². The van der Waals surface area contributed by atoms with E-state index in [4.69, 9.17) is 22.1 Å². The summed E-state index contributed by atoms with van der Waals surface area (Å²) >= 11 is 5.79. The van der Waals surface area contributed by atoms with E-state index in [2.05, 4.69) is 5.32 Å². The Morgan fingerprint density at radius 3 is 2.80 bits per heavy atom. The van der Waals surface area contributed by atoms with Crippen LogP contribution in [0, 0.1) is 5.82 Å². The first-order valence-corrected chi connectivity index (χ1v) is 6.15. The summed E-state index contributed by atoms with van der Waals surface area (Å²) in [7, 11) is 0. The van der Waals surface area contributed by atoms with Crippen molar-refractivity contribution in [2.75, 3.05) is 17.7 Å². The second-order valence-electron chi connectivity index (χ2n) is 4.07. The lowest BCUT2D eigenvalue weighted by Gasteiger charge is -2.08. The van der Waals surface area contributed by atoms with Gasteiger partial charge in [-0.1, -0.05) is 17.7 Å². The van der Waals surface area contributed by atoms with Crippen LogP contribution in [0.5, 0.6) is 5.75 Å². The summed E-state index contributed by atoms with van der Waals surface area (Å²) < 4.78 is 18.4. The minimum atomic E-state index is -0.518. The molecule has 0 aliphatic rings. The molecule has 4 nitrogen and oxygen atoms in total. The van der Waals surface area contributed by atoms with Gasteiger partial charge < -0.3 is 15.8 Å². The topological polar surface area (TPSA) is 64.3 Å². The normalized spacial score (nSPS) is 10.1. The zero-order chi connectivity index (χ0) is 14.5. The molecule has 104 valence electrons. The lowest BCUT2D eigenvalue weighted by Crippen LogP contribution is -2.20. The van der Waals surface area contributed by atoms with Crippen molar-refractivity contribution in [3.05, 3.63) is 53.3 Å². The van der Waals surface area contributed by atoms with E-state index in [1.807, 2.05) is 0 Å². The van der Waals surface area contributed by atoms with E-state index in [1.54, 1.807) is 24.3 Å². The van der Waals surface area contributed by atoms with Crippen LogP contribution in [0.3, 0.4) is 0 Å². The van der Waals surface area contributed by atoms with Gasteiger partial charge >= 0.3 is 0 Å². The highest BCUT2D eigenvalue weighted by atomic mass is 35.5. The highest BCUT2D eigenvalue weighted by Crippen LogP contribution is 2.18. The maximum Gasteiger partial charge on any atom is 0.262 e. The van der Waals surface area contributed by atoms with Gasteiger partial charge in [-0.05, 0) is 36.4 Å². The summed E-state index contributed by atoms with van der Waals surface area (Å²) in [6.45, 7) is -0.212. The highest BCUT2D eigenvalue weighted by Gasteiger charge is 2.06. The summed E-state index contributed by atoms with van der Waals surface area (Å²) in [5.41, 5.74) is 5.99. The fraction of sp³-hybridized carbons (Fsp3) is 0.0714. The number of carbonyl (C=O) groups excluding carboxylic acids is 1. The van der Waals surface area contributed by atoms with Crippen LogP contribution in [0.25, 0.3) is 0 Å². The first kappa shape index (κ1) is 14.1. The van der Waals surface area contributed by atoms with Gasteiger partial charge in [0, 0.05) is 16.4 Å². The molecule has 0 atom stereocenters. The number of benzene rings is 2. The minimum absolute atomic E-state index is 0.212. The number of carbonyl (C=O) groups is 1. The third-order valence-electron chi connectivity index (χ3n) is 2.37. The van der Waals surface area contributed by atoms with Crippen molar-refractivity contribution in [1.29, 1.82) is 0 Å². The smallest absolute Gasteiger partial charge is 0.262 e. The third-order valence-corrected chi connectivity index (χ3v) is 2.60. The number of hydrogen-bond donors (Lipinski definition) is 2. The monoisotopic (exact) mass is 294 g/mol. The number of nitrogens with two attached hydrogens (primary N) is 1.